The molecule has 0 aromatic heterocycles. The maximum atomic E-state index is 11.9. The Morgan fingerprint density at radius 1 is 1.54 bits per heavy atom. The minimum absolute atomic E-state index is 0.0800. The number of carbonyl (C=O) groups excluding carboxylic acids is 1. The molecule has 5 heteroatoms. The average Bonchev–Trinajstić information content (AvgIpc) is 2.23. The highest BCUT2D eigenvalue weighted by atomic mass is 79.9. The van der Waals surface area contributed by atoms with Crippen LogP contribution in [0.3, 0.4) is 0 Å². The molecular formula is C8H12BrNO2S. The molecule has 13 heavy (non-hydrogen) atoms. The van der Waals surface area contributed by atoms with E-state index in [4.69, 9.17) is 0 Å². The van der Waals surface area contributed by atoms with Gasteiger partial charge in [0.1, 0.15) is 10.2 Å². The summed E-state index contributed by atoms with van der Waals surface area (Å²) in [5.74, 6) is 0.0800. The van der Waals surface area contributed by atoms with Crippen LogP contribution in [0, 0.1) is 0 Å². The van der Waals surface area contributed by atoms with Crippen molar-refractivity contribution < 1.29 is 9.00 Å². The molecule has 2 aliphatic heterocycles. The Hall–Kier alpha value is 0.1000. The number of rotatable bonds is 0. The molecule has 2 rings (SSSR count). The third-order valence-electron chi connectivity index (χ3n) is 3.18. The lowest BCUT2D eigenvalue weighted by Crippen LogP contribution is -2.61. The number of carbonyl (C=O) groups is 1. The van der Waals surface area contributed by atoms with Crippen molar-refractivity contribution in [1.29, 1.82) is 0 Å². The summed E-state index contributed by atoms with van der Waals surface area (Å²) in [6.07, 6.45) is 0. The third kappa shape index (κ3) is 0.947. The normalized spacial score (nSPS) is 47.4. The molecule has 0 bridgehead atoms. The van der Waals surface area contributed by atoms with Crippen molar-refractivity contribution in [3.05, 3.63) is 0 Å². The van der Waals surface area contributed by atoms with Gasteiger partial charge in [-0.1, -0.05) is 15.9 Å². The van der Waals surface area contributed by atoms with Gasteiger partial charge in [0.25, 0.3) is 0 Å². The molecule has 2 aliphatic rings. The fraction of sp³-hybridized carbons (Fsp3) is 0.875. The topological polar surface area (TPSA) is 37.4 Å². The van der Waals surface area contributed by atoms with Crippen molar-refractivity contribution >= 4 is 32.6 Å². The van der Waals surface area contributed by atoms with Crippen LogP contribution in [0.4, 0.5) is 0 Å². The van der Waals surface area contributed by atoms with E-state index < -0.39 is 10.8 Å². The van der Waals surface area contributed by atoms with Gasteiger partial charge in [-0.2, -0.15) is 0 Å². The fourth-order valence-corrected chi connectivity index (χ4v) is 4.86. The van der Waals surface area contributed by atoms with E-state index >= 15 is 0 Å². The van der Waals surface area contributed by atoms with E-state index in [1.807, 2.05) is 20.8 Å². The first-order chi connectivity index (χ1) is 5.89. The van der Waals surface area contributed by atoms with Crippen LogP contribution in [0.25, 0.3) is 0 Å². The van der Waals surface area contributed by atoms with Crippen LogP contribution in [-0.4, -0.2) is 36.0 Å². The van der Waals surface area contributed by atoms with Gasteiger partial charge in [-0.3, -0.25) is 9.00 Å². The number of hydrogen-bond acceptors (Lipinski definition) is 2. The van der Waals surface area contributed by atoms with Crippen molar-refractivity contribution in [2.75, 3.05) is 0 Å². The first-order valence-corrected chi connectivity index (χ1v) is 6.39. The number of β-lactam (4-membered cyclic amide) rings is 1. The van der Waals surface area contributed by atoms with Crippen molar-refractivity contribution in [2.45, 2.75) is 41.8 Å². The van der Waals surface area contributed by atoms with Crippen LogP contribution >= 0.6 is 15.9 Å². The van der Waals surface area contributed by atoms with Crippen LogP contribution in [0.2, 0.25) is 0 Å². The van der Waals surface area contributed by atoms with Crippen molar-refractivity contribution in [3.8, 4) is 0 Å². The molecule has 0 N–H and O–H groups in total. The van der Waals surface area contributed by atoms with E-state index in [1.165, 1.54) is 0 Å². The molecule has 1 amide bonds. The largest absolute Gasteiger partial charge is 0.321 e. The molecule has 2 saturated heterocycles. The number of hydrogen-bond donors (Lipinski definition) is 0. The molecule has 0 spiro atoms. The molecule has 4 atom stereocenters. The van der Waals surface area contributed by atoms with E-state index in [-0.39, 0.29) is 26.9 Å². The quantitative estimate of drug-likeness (QED) is 0.481. The molecule has 3 nitrogen and oxygen atoms in total. The van der Waals surface area contributed by atoms with Gasteiger partial charge in [-0.25, -0.2) is 0 Å². The highest BCUT2D eigenvalue weighted by Gasteiger charge is 2.63. The summed E-state index contributed by atoms with van der Waals surface area (Å²) in [6, 6.07) is 0.0830. The maximum absolute atomic E-state index is 11.9. The second kappa shape index (κ2) is 2.57. The van der Waals surface area contributed by atoms with E-state index in [0.717, 1.165) is 0 Å². The predicted octanol–water partition coefficient (Wildman–Crippen LogP) is 0.848. The highest BCUT2D eigenvalue weighted by Crippen LogP contribution is 2.45. The Morgan fingerprint density at radius 2 is 2.08 bits per heavy atom. The van der Waals surface area contributed by atoms with Crippen LogP contribution in [0.5, 0.6) is 0 Å². The predicted molar refractivity (Wildman–Crippen MR) is 55.0 cm³/mol. The summed E-state index contributed by atoms with van der Waals surface area (Å²) in [5, 5.41) is -0.0995. The molecule has 0 aliphatic carbocycles. The van der Waals surface area contributed by atoms with Crippen LogP contribution in [0.15, 0.2) is 0 Å². The minimum atomic E-state index is -0.944. The Morgan fingerprint density at radius 3 is 2.54 bits per heavy atom. The summed E-state index contributed by atoms with van der Waals surface area (Å²) in [4.78, 5) is 13.0. The molecule has 1 unspecified atom stereocenters. The van der Waals surface area contributed by atoms with Gasteiger partial charge in [0.05, 0.1) is 15.5 Å². The summed E-state index contributed by atoms with van der Waals surface area (Å²) in [5.41, 5.74) is 0. The van der Waals surface area contributed by atoms with Crippen LogP contribution in [-0.2, 0) is 15.6 Å². The molecule has 0 radical (unpaired) electrons. The molecular weight excluding hydrogens is 254 g/mol. The standard InChI is InChI=1S/C8H12BrNO2S/c1-4-8(2,3)13(12)7-5(9)6(11)10(4)7/h4-5,7H,1-3H3/t4-,5-,7+,13?/m0/s1. The van der Waals surface area contributed by atoms with E-state index in [2.05, 4.69) is 15.9 Å². The molecule has 2 fully saturated rings. The number of halogens is 1. The monoisotopic (exact) mass is 265 g/mol. The third-order valence-corrected chi connectivity index (χ3v) is 6.73. The first kappa shape index (κ1) is 9.65. The molecule has 74 valence electrons. The van der Waals surface area contributed by atoms with Gasteiger partial charge in [-0.05, 0) is 20.8 Å². The molecule has 0 aromatic carbocycles. The second-order valence-electron chi connectivity index (χ2n) is 4.11. The average molecular weight is 266 g/mol. The summed E-state index contributed by atoms with van der Waals surface area (Å²) < 4.78 is 11.7. The van der Waals surface area contributed by atoms with E-state index in [1.54, 1.807) is 4.90 Å². The lowest BCUT2D eigenvalue weighted by molar-refractivity contribution is -0.142. The van der Waals surface area contributed by atoms with Gasteiger partial charge < -0.3 is 4.90 Å². The van der Waals surface area contributed by atoms with Crippen molar-refractivity contribution in [1.82, 2.24) is 4.90 Å². The zero-order valence-electron chi connectivity index (χ0n) is 7.78. The van der Waals surface area contributed by atoms with Crippen LogP contribution in [0.1, 0.15) is 20.8 Å². The number of alkyl halides is 1. The van der Waals surface area contributed by atoms with Gasteiger partial charge in [0.15, 0.2) is 0 Å². The lowest BCUT2D eigenvalue weighted by atomic mass is 10.0. The van der Waals surface area contributed by atoms with Gasteiger partial charge in [-0.15, -0.1) is 0 Å². The maximum Gasteiger partial charge on any atom is 0.240 e. The summed E-state index contributed by atoms with van der Waals surface area (Å²) >= 11 is 3.27. The van der Waals surface area contributed by atoms with Gasteiger partial charge in [0.2, 0.25) is 5.91 Å². The minimum Gasteiger partial charge on any atom is -0.321 e. The summed E-state index contributed by atoms with van der Waals surface area (Å²) in [7, 11) is -0.944. The van der Waals surface area contributed by atoms with E-state index in [0.29, 0.717) is 0 Å². The van der Waals surface area contributed by atoms with Gasteiger partial charge in [0, 0.05) is 6.04 Å². The van der Waals surface area contributed by atoms with Crippen molar-refractivity contribution in [2.24, 2.45) is 0 Å². The Bertz CT molecular complexity index is 305. The first-order valence-electron chi connectivity index (χ1n) is 4.26. The number of nitrogens with zero attached hydrogens (tertiary/aromatic N) is 1. The molecule has 2 heterocycles. The number of fused-ring (bicyclic) bond motifs is 1. The Balaban J connectivity index is 2.38. The Labute approximate surface area is 88.4 Å². The van der Waals surface area contributed by atoms with E-state index in [9.17, 15) is 9.00 Å². The van der Waals surface area contributed by atoms with Gasteiger partial charge >= 0.3 is 0 Å². The summed E-state index contributed by atoms with van der Waals surface area (Å²) in [6.45, 7) is 5.88. The smallest absolute Gasteiger partial charge is 0.240 e. The lowest BCUT2D eigenvalue weighted by Gasteiger charge is -2.40. The number of amides is 1. The second-order valence-corrected chi connectivity index (χ2v) is 7.23. The zero-order valence-corrected chi connectivity index (χ0v) is 10.2. The molecule has 0 saturated carbocycles. The van der Waals surface area contributed by atoms with Crippen LogP contribution < -0.4 is 0 Å². The highest BCUT2D eigenvalue weighted by molar-refractivity contribution is 9.10. The Kier molecular flexibility index (Phi) is 1.90. The molecule has 0 aromatic rings. The zero-order chi connectivity index (χ0) is 9.96. The fourth-order valence-electron chi connectivity index (χ4n) is 1.89. The van der Waals surface area contributed by atoms with Crippen molar-refractivity contribution in [3.63, 3.8) is 0 Å². The SMILES string of the molecule is C[C@@H]1N2C(=O)[C@H](Br)[C@H]2S(=O)C1(C)C.